The van der Waals surface area contributed by atoms with Gasteiger partial charge in [-0.25, -0.2) is 0 Å². The molecule has 0 atom stereocenters. The molecule has 0 saturated heterocycles. The Morgan fingerprint density at radius 3 is 2.42 bits per heavy atom. The quantitative estimate of drug-likeness (QED) is 0.441. The second-order valence-corrected chi connectivity index (χ2v) is 8.57. The molecule has 0 bridgehead atoms. The van der Waals surface area contributed by atoms with Crippen LogP contribution in [0.2, 0.25) is 15.1 Å². The first-order chi connectivity index (χ1) is 15.8. The summed E-state index contributed by atoms with van der Waals surface area (Å²) in [5.41, 5.74) is 3.27. The maximum absolute atomic E-state index is 12.9. The number of carbonyl (C=O) groups is 2. The SMILES string of the molecule is COc1cc(C2=NN(c3c(Cl)cccc3Cl)C(=O)C2)ccc1C(=O)Nc1ccc(C)cc1Cl. The number of nitrogens with one attached hydrogen (secondary N) is 1. The van der Waals surface area contributed by atoms with Crippen molar-refractivity contribution in [3.05, 3.63) is 86.4 Å². The van der Waals surface area contributed by atoms with E-state index >= 15 is 0 Å². The van der Waals surface area contributed by atoms with Gasteiger partial charge in [-0.1, -0.05) is 53.0 Å². The van der Waals surface area contributed by atoms with Crippen LogP contribution in [0.15, 0.2) is 59.7 Å². The van der Waals surface area contributed by atoms with Crippen molar-refractivity contribution in [2.24, 2.45) is 5.10 Å². The lowest BCUT2D eigenvalue weighted by Crippen LogP contribution is -2.20. The van der Waals surface area contributed by atoms with Crippen LogP contribution in [0.3, 0.4) is 0 Å². The number of amides is 2. The van der Waals surface area contributed by atoms with Gasteiger partial charge in [-0.2, -0.15) is 10.1 Å². The smallest absolute Gasteiger partial charge is 0.259 e. The Balaban J connectivity index is 1.63. The molecule has 0 aromatic heterocycles. The van der Waals surface area contributed by atoms with Crippen molar-refractivity contribution < 1.29 is 14.3 Å². The summed E-state index contributed by atoms with van der Waals surface area (Å²) in [6.07, 6.45) is 0.0508. The molecule has 4 rings (SSSR count). The lowest BCUT2D eigenvalue weighted by atomic mass is 10.0. The largest absolute Gasteiger partial charge is 0.496 e. The van der Waals surface area contributed by atoms with E-state index in [4.69, 9.17) is 39.5 Å². The topological polar surface area (TPSA) is 71.0 Å². The zero-order valence-electron chi connectivity index (χ0n) is 17.7. The van der Waals surface area contributed by atoms with Crippen molar-refractivity contribution in [2.75, 3.05) is 17.4 Å². The number of nitrogens with zero attached hydrogens (tertiary/aromatic N) is 2. The van der Waals surface area contributed by atoms with Crippen LogP contribution < -0.4 is 15.1 Å². The van der Waals surface area contributed by atoms with Crippen LogP contribution in [-0.2, 0) is 4.79 Å². The number of hydrogen-bond acceptors (Lipinski definition) is 4. The van der Waals surface area contributed by atoms with Gasteiger partial charge in [-0.3, -0.25) is 9.59 Å². The number of carbonyl (C=O) groups excluding carboxylic acids is 2. The number of benzene rings is 3. The Labute approximate surface area is 205 Å². The first kappa shape index (κ1) is 23.1. The van der Waals surface area contributed by atoms with Crippen molar-refractivity contribution in [2.45, 2.75) is 13.3 Å². The summed E-state index contributed by atoms with van der Waals surface area (Å²) in [5.74, 6) is -0.314. The molecule has 3 aromatic rings. The predicted octanol–water partition coefficient (Wildman–Crippen LogP) is 6.36. The van der Waals surface area contributed by atoms with Gasteiger partial charge in [0.05, 0.1) is 45.6 Å². The first-order valence-electron chi connectivity index (χ1n) is 9.89. The van der Waals surface area contributed by atoms with E-state index < -0.39 is 0 Å². The standard InChI is InChI=1S/C24H18Cl3N3O3/c1-13-6-9-19(18(27)10-13)28-24(32)15-8-7-14(11-21(15)33-2)20-12-22(31)30(29-20)23-16(25)4-3-5-17(23)26/h3-11H,12H2,1-2H3,(H,28,32). The van der Waals surface area contributed by atoms with Gasteiger partial charge in [0.2, 0.25) is 0 Å². The van der Waals surface area contributed by atoms with Gasteiger partial charge in [0.15, 0.2) is 0 Å². The highest BCUT2D eigenvalue weighted by atomic mass is 35.5. The normalized spacial score (nSPS) is 13.2. The average molecular weight is 503 g/mol. The summed E-state index contributed by atoms with van der Waals surface area (Å²) >= 11 is 18.7. The number of halogens is 3. The van der Waals surface area contributed by atoms with E-state index in [2.05, 4.69) is 10.4 Å². The van der Waals surface area contributed by atoms with Crippen LogP contribution >= 0.6 is 34.8 Å². The van der Waals surface area contributed by atoms with Crippen molar-refractivity contribution in [1.82, 2.24) is 0 Å². The number of methoxy groups -OCH3 is 1. The Morgan fingerprint density at radius 1 is 1.03 bits per heavy atom. The molecule has 9 heteroatoms. The van der Waals surface area contributed by atoms with E-state index in [-0.39, 0.29) is 18.2 Å². The predicted molar refractivity (Wildman–Crippen MR) is 132 cm³/mol. The van der Waals surface area contributed by atoms with Crippen LogP contribution in [0, 0.1) is 6.92 Å². The van der Waals surface area contributed by atoms with Crippen LogP contribution in [0.1, 0.15) is 27.9 Å². The molecular formula is C24H18Cl3N3O3. The van der Waals surface area contributed by atoms with Crippen LogP contribution in [0.5, 0.6) is 5.75 Å². The zero-order chi connectivity index (χ0) is 23.7. The average Bonchev–Trinajstić information content (AvgIpc) is 3.16. The third kappa shape index (κ3) is 4.69. The number of para-hydroxylation sites is 1. The summed E-state index contributed by atoms with van der Waals surface area (Å²) in [6.45, 7) is 1.91. The molecule has 1 aliphatic rings. The molecule has 0 aliphatic carbocycles. The van der Waals surface area contributed by atoms with Crippen molar-refractivity contribution in [1.29, 1.82) is 0 Å². The van der Waals surface area contributed by atoms with E-state index in [0.29, 0.717) is 49.0 Å². The first-order valence-corrected chi connectivity index (χ1v) is 11.0. The van der Waals surface area contributed by atoms with Gasteiger partial charge in [0.1, 0.15) is 11.4 Å². The molecule has 1 N–H and O–H groups in total. The molecule has 0 fully saturated rings. The fraction of sp³-hybridized carbons (Fsp3) is 0.125. The fourth-order valence-corrected chi connectivity index (χ4v) is 4.27. The maximum atomic E-state index is 12.9. The van der Waals surface area contributed by atoms with E-state index in [1.54, 1.807) is 48.5 Å². The summed E-state index contributed by atoms with van der Waals surface area (Å²) in [7, 11) is 1.46. The monoisotopic (exact) mass is 501 g/mol. The van der Waals surface area contributed by atoms with E-state index in [0.717, 1.165) is 5.56 Å². The fourth-order valence-electron chi connectivity index (χ4n) is 3.43. The van der Waals surface area contributed by atoms with Gasteiger partial charge < -0.3 is 10.1 Å². The molecule has 0 unspecified atom stereocenters. The van der Waals surface area contributed by atoms with E-state index in [1.165, 1.54) is 12.1 Å². The van der Waals surface area contributed by atoms with E-state index in [1.807, 2.05) is 13.0 Å². The number of ether oxygens (including phenoxy) is 1. The van der Waals surface area contributed by atoms with Crippen LogP contribution in [0.4, 0.5) is 11.4 Å². The molecule has 0 spiro atoms. The third-order valence-corrected chi connectivity index (χ3v) is 6.00. The molecule has 0 radical (unpaired) electrons. The lowest BCUT2D eigenvalue weighted by molar-refractivity contribution is -0.116. The molecule has 6 nitrogen and oxygen atoms in total. The van der Waals surface area contributed by atoms with Gasteiger partial charge in [-0.15, -0.1) is 0 Å². The summed E-state index contributed by atoms with van der Waals surface area (Å²) in [6, 6.07) is 15.3. The van der Waals surface area contributed by atoms with Crippen LogP contribution in [-0.4, -0.2) is 24.6 Å². The Hall–Kier alpha value is -3.06. The minimum absolute atomic E-state index is 0.0508. The molecule has 2 amide bonds. The molecular weight excluding hydrogens is 485 g/mol. The maximum Gasteiger partial charge on any atom is 0.259 e. The molecule has 1 heterocycles. The summed E-state index contributed by atoms with van der Waals surface area (Å²) < 4.78 is 5.44. The zero-order valence-corrected chi connectivity index (χ0v) is 19.9. The van der Waals surface area contributed by atoms with Gasteiger partial charge in [-0.05, 0) is 48.9 Å². The van der Waals surface area contributed by atoms with Crippen LogP contribution in [0.25, 0.3) is 0 Å². The number of rotatable bonds is 5. The van der Waals surface area contributed by atoms with Crippen molar-refractivity contribution in [3.8, 4) is 5.75 Å². The van der Waals surface area contributed by atoms with Gasteiger partial charge >= 0.3 is 0 Å². The second-order valence-electron chi connectivity index (χ2n) is 7.35. The lowest BCUT2D eigenvalue weighted by Gasteiger charge is -2.14. The Kier molecular flexibility index (Phi) is 6.61. The second kappa shape index (κ2) is 9.43. The van der Waals surface area contributed by atoms with Gasteiger partial charge in [0, 0.05) is 5.56 Å². The minimum Gasteiger partial charge on any atom is -0.496 e. The highest BCUT2D eigenvalue weighted by molar-refractivity contribution is 6.40. The van der Waals surface area contributed by atoms with E-state index in [9.17, 15) is 9.59 Å². The van der Waals surface area contributed by atoms with Crippen molar-refractivity contribution in [3.63, 3.8) is 0 Å². The molecule has 168 valence electrons. The number of aryl methyl sites for hydroxylation is 1. The highest BCUT2D eigenvalue weighted by Gasteiger charge is 2.29. The third-order valence-electron chi connectivity index (χ3n) is 5.08. The molecule has 1 aliphatic heterocycles. The highest BCUT2D eigenvalue weighted by Crippen LogP contribution is 2.36. The Bertz CT molecular complexity index is 1290. The molecule has 0 saturated carbocycles. The Morgan fingerprint density at radius 2 is 1.76 bits per heavy atom. The number of anilines is 2. The number of hydrazone groups is 1. The summed E-state index contributed by atoms with van der Waals surface area (Å²) in [5, 5.41) is 9.50. The minimum atomic E-state index is -0.377. The molecule has 3 aromatic carbocycles. The van der Waals surface area contributed by atoms with Crippen molar-refractivity contribution >= 4 is 63.7 Å². The van der Waals surface area contributed by atoms with Gasteiger partial charge in [0.25, 0.3) is 11.8 Å². The molecule has 33 heavy (non-hydrogen) atoms. The summed E-state index contributed by atoms with van der Waals surface area (Å²) in [4.78, 5) is 25.5. The number of hydrogen-bond donors (Lipinski definition) is 1.